The molecule has 2 aromatic rings. The summed E-state index contributed by atoms with van der Waals surface area (Å²) in [7, 11) is 1.61. The van der Waals surface area contributed by atoms with Crippen LogP contribution >= 0.6 is 11.8 Å². The van der Waals surface area contributed by atoms with Crippen molar-refractivity contribution in [1.29, 1.82) is 0 Å². The Balaban J connectivity index is 1.78. The number of nitrogens with one attached hydrogen (secondary N) is 1. The minimum Gasteiger partial charge on any atom is -0.378 e. The van der Waals surface area contributed by atoms with E-state index in [0.29, 0.717) is 19.0 Å². The maximum atomic E-state index is 11.7. The van der Waals surface area contributed by atoms with Crippen LogP contribution in [-0.2, 0) is 16.1 Å². The lowest BCUT2D eigenvalue weighted by molar-refractivity contribution is -0.763. The molecule has 0 saturated carbocycles. The Morgan fingerprint density at radius 1 is 1.55 bits per heavy atom. The van der Waals surface area contributed by atoms with Crippen LogP contribution in [0.5, 0.6) is 0 Å². The molecule has 2 aromatic heterocycles. The van der Waals surface area contributed by atoms with Crippen LogP contribution in [0.3, 0.4) is 0 Å². The number of rotatable bonds is 7. The van der Waals surface area contributed by atoms with E-state index in [1.165, 1.54) is 11.8 Å². The third-order valence-electron chi connectivity index (χ3n) is 2.29. The Hall–Kier alpha value is -1.93. The quantitative estimate of drug-likeness (QED) is 0.599. The number of thioether (sulfide) groups is 1. The Morgan fingerprint density at radius 2 is 2.45 bits per heavy atom. The molecule has 0 aliphatic heterocycles. The summed E-state index contributed by atoms with van der Waals surface area (Å²) in [5.74, 6) is 0.402. The molecule has 7 nitrogen and oxygen atoms in total. The molecule has 0 bridgehead atoms. The van der Waals surface area contributed by atoms with Crippen molar-refractivity contribution < 1.29 is 18.7 Å². The fraction of sp³-hybridized carbons (Fsp3) is 0.333. The van der Waals surface area contributed by atoms with E-state index >= 15 is 0 Å². The number of carbonyl (C=O) groups excluding carboxylic acids is 1. The second kappa shape index (κ2) is 7.61. The van der Waals surface area contributed by atoms with E-state index in [1.54, 1.807) is 24.2 Å². The number of nitrogens with zero attached hydrogens (tertiary/aromatic N) is 3. The second-order valence-electron chi connectivity index (χ2n) is 3.83. The first-order chi connectivity index (χ1) is 9.78. The minimum absolute atomic E-state index is 0.171. The molecule has 2 rings (SSSR count). The largest absolute Gasteiger partial charge is 0.378 e. The van der Waals surface area contributed by atoms with Crippen molar-refractivity contribution in [2.45, 2.75) is 11.6 Å². The van der Waals surface area contributed by atoms with Crippen LogP contribution in [0, 0.1) is 0 Å². The van der Waals surface area contributed by atoms with Crippen molar-refractivity contribution in [3.05, 3.63) is 30.6 Å². The van der Waals surface area contributed by atoms with E-state index in [9.17, 15) is 4.79 Å². The monoisotopic (exact) mass is 295 g/mol. The fourth-order valence-corrected chi connectivity index (χ4v) is 2.03. The molecule has 1 amide bonds. The highest BCUT2D eigenvalue weighted by Crippen LogP contribution is 2.14. The molecule has 0 atom stereocenters. The SMILES string of the molecule is COCC[n+]1cc(NC(=O)CSc2ccccn2)on1. The highest BCUT2D eigenvalue weighted by molar-refractivity contribution is 7.99. The summed E-state index contributed by atoms with van der Waals surface area (Å²) in [5.41, 5.74) is 0. The number of ether oxygens (including phenoxy) is 1. The van der Waals surface area contributed by atoms with Crippen molar-refractivity contribution in [3.8, 4) is 0 Å². The Bertz CT molecular complexity index is 547. The first-order valence-corrected chi connectivity index (χ1v) is 6.95. The third-order valence-corrected chi connectivity index (χ3v) is 3.23. The zero-order valence-electron chi connectivity index (χ0n) is 11.0. The lowest BCUT2D eigenvalue weighted by atomic mass is 10.5. The third kappa shape index (κ3) is 4.63. The normalized spacial score (nSPS) is 10.4. The van der Waals surface area contributed by atoms with Gasteiger partial charge in [-0.1, -0.05) is 17.8 Å². The molecule has 8 heteroatoms. The smallest absolute Gasteiger partial charge is 0.302 e. The van der Waals surface area contributed by atoms with Gasteiger partial charge >= 0.3 is 5.88 Å². The lowest BCUT2D eigenvalue weighted by Gasteiger charge is -1.99. The summed E-state index contributed by atoms with van der Waals surface area (Å²) in [6.07, 6.45) is 3.30. The molecule has 0 aliphatic rings. The second-order valence-corrected chi connectivity index (χ2v) is 4.82. The van der Waals surface area contributed by atoms with Crippen LogP contribution in [0.15, 0.2) is 40.1 Å². The van der Waals surface area contributed by atoms with Crippen LogP contribution in [0.2, 0.25) is 0 Å². The maximum Gasteiger partial charge on any atom is 0.302 e. The van der Waals surface area contributed by atoms with Crippen molar-refractivity contribution in [1.82, 2.24) is 10.3 Å². The Labute approximate surface area is 120 Å². The summed E-state index contributed by atoms with van der Waals surface area (Å²) in [5, 5.41) is 7.18. The molecule has 0 fully saturated rings. The summed E-state index contributed by atoms with van der Waals surface area (Å²) >= 11 is 1.36. The van der Waals surface area contributed by atoms with Crippen LogP contribution in [0.1, 0.15) is 0 Å². The van der Waals surface area contributed by atoms with E-state index in [4.69, 9.17) is 9.26 Å². The summed E-state index contributed by atoms with van der Waals surface area (Å²) in [4.78, 5) is 15.9. The number of hydrogen-bond acceptors (Lipinski definition) is 6. The van der Waals surface area contributed by atoms with E-state index in [-0.39, 0.29) is 11.7 Å². The van der Waals surface area contributed by atoms with Gasteiger partial charge in [-0.15, -0.1) is 0 Å². The number of amides is 1. The molecular formula is C12H15N4O3S+. The first kappa shape index (κ1) is 14.5. The number of pyridine rings is 1. The molecule has 0 aliphatic carbocycles. The number of hydrogen-bond donors (Lipinski definition) is 1. The molecule has 106 valence electrons. The summed E-state index contributed by atoms with van der Waals surface area (Å²) < 4.78 is 11.5. The molecule has 0 unspecified atom stereocenters. The van der Waals surface area contributed by atoms with Crippen LogP contribution < -0.4 is 10.00 Å². The number of carbonyl (C=O) groups is 1. The van der Waals surface area contributed by atoms with Gasteiger partial charge in [0.25, 0.3) is 6.20 Å². The first-order valence-electron chi connectivity index (χ1n) is 5.97. The van der Waals surface area contributed by atoms with Gasteiger partial charge < -0.3 is 4.74 Å². The molecule has 20 heavy (non-hydrogen) atoms. The van der Waals surface area contributed by atoms with Crippen LogP contribution in [0.4, 0.5) is 5.88 Å². The van der Waals surface area contributed by atoms with Gasteiger partial charge in [-0.05, 0) is 16.8 Å². The summed E-state index contributed by atoms with van der Waals surface area (Å²) in [6.45, 7) is 1.10. The molecule has 0 radical (unpaired) electrons. The van der Waals surface area contributed by atoms with Gasteiger partial charge in [0.15, 0.2) is 0 Å². The van der Waals surface area contributed by atoms with E-state index in [1.807, 2.05) is 18.2 Å². The molecule has 0 aromatic carbocycles. The van der Waals surface area contributed by atoms with Crippen molar-refractivity contribution in [3.63, 3.8) is 0 Å². The molecule has 0 spiro atoms. The zero-order chi connectivity index (χ0) is 14.2. The average Bonchev–Trinajstić information content (AvgIpc) is 2.91. The Kier molecular flexibility index (Phi) is 5.51. The molecule has 2 heterocycles. The lowest BCUT2D eigenvalue weighted by Crippen LogP contribution is -2.36. The predicted molar refractivity (Wildman–Crippen MR) is 72.2 cm³/mol. The van der Waals surface area contributed by atoms with Gasteiger partial charge in [0.2, 0.25) is 17.7 Å². The zero-order valence-corrected chi connectivity index (χ0v) is 11.8. The number of aromatic nitrogens is 3. The topological polar surface area (TPSA) is 81.1 Å². The van der Waals surface area contributed by atoms with E-state index in [2.05, 4.69) is 15.6 Å². The van der Waals surface area contributed by atoms with E-state index in [0.717, 1.165) is 5.03 Å². The van der Waals surface area contributed by atoms with Crippen molar-refractivity contribution in [2.24, 2.45) is 0 Å². The molecular weight excluding hydrogens is 280 g/mol. The fourth-order valence-electron chi connectivity index (χ4n) is 1.37. The maximum absolute atomic E-state index is 11.7. The van der Waals surface area contributed by atoms with Crippen molar-refractivity contribution >= 4 is 23.6 Å². The number of methoxy groups -OCH3 is 1. The van der Waals surface area contributed by atoms with Crippen LogP contribution in [0.25, 0.3) is 0 Å². The average molecular weight is 295 g/mol. The van der Waals surface area contributed by atoms with Gasteiger partial charge in [0.1, 0.15) is 6.61 Å². The van der Waals surface area contributed by atoms with Gasteiger partial charge in [-0.3, -0.25) is 14.6 Å². The molecule has 1 N–H and O–H groups in total. The molecule has 0 saturated heterocycles. The Morgan fingerprint density at radius 3 is 3.20 bits per heavy atom. The highest BCUT2D eigenvalue weighted by Gasteiger charge is 2.13. The van der Waals surface area contributed by atoms with Gasteiger partial charge in [-0.2, -0.15) is 0 Å². The predicted octanol–water partition coefficient (Wildman–Crippen LogP) is 0.734. The number of anilines is 1. The highest BCUT2D eigenvalue weighted by atomic mass is 32.2. The van der Waals surface area contributed by atoms with Crippen LogP contribution in [-0.4, -0.2) is 35.6 Å². The van der Waals surface area contributed by atoms with Gasteiger partial charge in [0, 0.05) is 13.3 Å². The van der Waals surface area contributed by atoms with E-state index < -0.39 is 0 Å². The van der Waals surface area contributed by atoms with Crippen molar-refractivity contribution in [2.75, 3.05) is 24.8 Å². The standard InChI is InChI=1S/C12H14N4O3S/c1-18-7-6-16-8-11(19-15-16)14-10(17)9-20-12-4-2-3-5-13-12/h2-5,8H,6-7,9H2,1H3/p+1. The van der Waals surface area contributed by atoms with Gasteiger partial charge in [0.05, 0.1) is 10.8 Å². The van der Waals surface area contributed by atoms with Gasteiger partial charge in [-0.25, -0.2) is 4.98 Å². The minimum atomic E-state index is -0.171. The summed E-state index contributed by atoms with van der Waals surface area (Å²) in [6, 6.07) is 5.56.